The molecule has 0 aromatic heterocycles. The van der Waals surface area contributed by atoms with Gasteiger partial charge < -0.3 is 9.47 Å². The van der Waals surface area contributed by atoms with Crippen molar-refractivity contribution in [2.45, 2.75) is 19.8 Å². The third-order valence-corrected chi connectivity index (χ3v) is 3.86. The fraction of sp³-hybridized carbons (Fsp3) is 0.467. The van der Waals surface area contributed by atoms with E-state index in [0.717, 1.165) is 0 Å². The van der Waals surface area contributed by atoms with Crippen molar-refractivity contribution in [1.29, 1.82) is 0 Å². The molecule has 0 bridgehead atoms. The largest absolute Gasteiger partial charge is 0.465 e. The number of carbonyl (C=O) groups excluding carboxylic acids is 2. The van der Waals surface area contributed by atoms with E-state index >= 15 is 0 Å². The molecule has 7 nitrogen and oxygen atoms in total. The Bertz CT molecular complexity index is 559. The normalized spacial score (nSPS) is 11.8. The van der Waals surface area contributed by atoms with E-state index in [2.05, 4.69) is 15.9 Å². The van der Waals surface area contributed by atoms with Gasteiger partial charge in [-0.1, -0.05) is 34.1 Å². The smallest absolute Gasteiger partial charge is 0.321 e. The van der Waals surface area contributed by atoms with Crippen LogP contribution in [0.2, 0.25) is 0 Å². The van der Waals surface area contributed by atoms with Crippen LogP contribution in [0.1, 0.15) is 25.3 Å². The van der Waals surface area contributed by atoms with Gasteiger partial charge in [0.2, 0.25) is 6.54 Å². The zero-order valence-corrected chi connectivity index (χ0v) is 14.4. The number of benzene rings is 1. The monoisotopic (exact) mass is 387 g/mol. The number of carbonyl (C=O) groups is 2. The summed E-state index contributed by atoms with van der Waals surface area (Å²) in [5, 5.41) is 11.0. The number of nitro groups is 1. The average molecular weight is 388 g/mol. The van der Waals surface area contributed by atoms with Gasteiger partial charge in [0, 0.05) is 9.40 Å². The molecule has 23 heavy (non-hydrogen) atoms. The molecule has 0 aliphatic carbocycles. The van der Waals surface area contributed by atoms with E-state index in [0.29, 0.717) is 10.0 Å². The summed E-state index contributed by atoms with van der Waals surface area (Å²) in [5.41, 5.74) is 0.482. The van der Waals surface area contributed by atoms with Gasteiger partial charge in [0.05, 0.1) is 19.1 Å². The van der Waals surface area contributed by atoms with Crippen LogP contribution in [0.4, 0.5) is 0 Å². The fourth-order valence-corrected chi connectivity index (χ4v) is 2.79. The maximum atomic E-state index is 12.2. The van der Waals surface area contributed by atoms with Crippen molar-refractivity contribution in [2.75, 3.05) is 19.8 Å². The lowest BCUT2D eigenvalue weighted by Gasteiger charge is -2.22. The number of rotatable bonds is 8. The van der Waals surface area contributed by atoms with Crippen LogP contribution >= 0.6 is 15.9 Å². The van der Waals surface area contributed by atoms with Gasteiger partial charge in [-0.3, -0.25) is 19.7 Å². The van der Waals surface area contributed by atoms with Crippen LogP contribution in [0.25, 0.3) is 0 Å². The molecule has 1 aromatic carbocycles. The second kappa shape index (κ2) is 9.24. The molecule has 0 spiro atoms. The van der Waals surface area contributed by atoms with Crippen LogP contribution in [0, 0.1) is 16.0 Å². The molecule has 8 heteroatoms. The highest BCUT2D eigenvalue weighted by Gasteiger charge is 2.42. The number of halogens is 1. The molecule has 0 fully saturated rings. The van der Waals surface area contributed by atoms with Gasteiger partial charge in [0.1, 0.15) is 0 Å². The Morgan fingerprint density at radius 2 is 1.70 bits per heavy atom. The summed E-state index contributed by atoms with van der Waals surface area (Å²) in [4.78, 5) is 34.9. The van der Waals surface area contributed by atoms with Gasteiger partial charge in [-0.15, -0.1) is 0 Å². The lowest BCUT2D eigenvalue weighted by atomic mass is 9.85. The molecule has 0 radical (unpaired) electrons. The molecular weight excluding hydrogens is 370 g/mol. The first-order valence-corrected chi connectivity index (χ1v) is 7.91. The Labute approximate surface area is 142 Å². The summed E-state index contributed by atoms with van der Waals surface area (Å²) in [6.45, 7) is 2.73. The second-order valence-corrected chi connectivity index (χ2v) is 5.48. The Kier molecular flexibility index (Phi) is 7.67. The minimum absolute atomic E-state index is 0.0654. The summed E-state index contributed by atoms with van der Waals surface area (Å²) in [7, 11) is 0. The SMILES string of the molecule is CCOC(=O)C(C(=O)OCC)C(C[N+](=O)[O-])c1ccccc1Br. The topological polar surface area (TPSA) is 95.7 Å². The molecule has 0 aliphatic heterocycles. The van der Waals surface area contributed by atoms with Crippen molar-refractivity contribution >= 4 is 27.9 Å². The summed E-state index contributed by atoms with van der Waals surface area (Å²) in [6, 6.07) is 6.74. The van der Waals surface area contributed by atoms with Gasteiger partial charge in [-0.25, -0.2) is 0 Å². The van der Waals surface area contributed by atoms with Crippen molar-refractivity contribution in [3.63, 3.8) is 0 Å². The second-order valence-electron chi connectivity index (χ2n) is 4.63. The highest BCUT2D eigenvalue weighted by Crippen LogP contribution is 2.32. The van der Waals surface area contributed by atoms with E-state index in [1.54, 1.807) is 38.1 Å². The number of esters is 2. The quantitative estimate of drug-likeness (QED) is 0.294. The Balaban J connectivity index is 3.31. The highest BCUT2D eigenvalue weighted by molar-refractivity contribution is 9.10. The van der Waals surface area contributed by atoms with Gasteiger partial charge in [-0.2, -0.15) is 0 Å². The fourth-order valence-electron chi connectivity index (χ4n) is 2.21. The predicted octanol–water partition coefficient (Wildman–Crippen LogP) is 2.55. The molecule has 1 aromatic rings. The van der Waals surface area contributed by atoms with Crippen molar-refractivity contribution in [2.24, 2.45) is 5.92 Å². The minimum atomic E-state index is -1.39. The molecule has 126 valence electrons. The van der Waals surface area contributed by atoms with Crippen LogP contribution in [-0.4, -0.2) is 36.6 Å². The molecule has 1 unspecified atom stereocenters. The van der Waals surface area contributed by atoms with Crippen molar-refractivity contribution in [3.05, 3.63) is 44.4 Å². The van der Waals surface area contributed by atoms with Crippen LogP contribution in [0.5, 0.6) is 0 Å². The van der Waals surface area contributed by atoms with E-state index < -0.39 is 35.2 Å². The molecule has 0 amide bonds. The first-order valence-electron chi connectivity index (χ1n) is 7.11. The molecule has 0 saturated heterocycles. The number of nitrogens with zero attached hydrogens (tertiary/aromatic N) is 1. The predicted molar refractivity (Wildman–Crippen MR) is 85.5 cm³/mol. The van der Waals surface area contributed by atoms with E-state index in [1.165, 1.54) is 0 Å². The van der Waals surface area contributed by atoms with E-state index in [1.807, 2.05) is 0 Å². The zero-order chi connectivity index (χ0) is 17.4. The number of hydrogen-bond acceptors (Lipinski definition) is 6. The number of hydrogen-bond donors (Lipinski definition) is 0. The molecule has 1 rings (SSSR count). The summed E-state index contributed by atoms with van der Waals surface area (Å²) in [6.07, 6.45) is 0. The lowest BCUT2D eigenvalue weighted by molar-refractivity contribution is -0.484. The summed E-state index contributed by atoms with van der Waals surface area (Å²) >= 11 is 3.30. The van der Waals surface area contributed by atoms with Crippen LogP contribution < -0.4 is 0 Å². The minimum Gasteiger partial charge on any atom is -0.465 e. The standard InChI is InChI=1S/C15H18BrNO6/c1-3-22-14(18)13(15(19)23-4-2)11(9-17(20)21)10-7-5-6-8-12(10)16/h5-8,11,13H,3-4,9H2,1-2H3. The van der Waals surface area contributed by atoms with Crippen molar-refractivity contribution in [1.82, 2.24) is 0 Å². The van der Waals surface area contributed by atoms with Gasteiger partial charge in [0.25, 0.3) is 0 Å². The molecule has 0 saturated carbocycles. The maximum Gasteiger partial charge on any atom is 0.321 e. The van der Waals surface area contributed by atoms with Gasteiger partial charge in [0.15, 0.2) is 5.92 Å². The van der Waals surface area contributed by atoms with Gasteiger partial charge in [-0.05, 0) is 25.5 Å². The van der Waals surface area contributed by atoms with E-state index in [-0.39, 0.29) is 13.2 Å². The summed E-state index contributed by atoms with van der Waals surface area (Å²) in [5.74, 6) is -4.03. The first kappa shape index (κ1) is 19.1. The Hall–Kier alpha value is -1.96. The van der Waals surface area contributed by atoms with Crippen molar-refractivity contribution < 1.29 is 24.0 Å². The molecule has 0 heterocycles. The van der Waals surface area contributed by atoms with Crippen LogP contribution in [-0.2, 0) is 19.1 Å². The average Bonchev–Trinajstić information content (AvgIpc) is 2.47. The molecule has 0 aliphatic rings. The molecule has 1 atom stereocenters. The van der Waals surface area contributed by atoms with E-state index in [9.17, 15) is 19.7 Å². The lowest BCUT2D eigenvalue weighted by Crippen LogP contribution is -2.36. The molecule has 0 N–H and O–H groups in total. The number of ether oxygens (including phenoxy) is 2. The third kappa shape index (κ3) is 5.31. The Morgan fingerprint density at radius 1 is 1.17 bits per heavy atom. The van der Waals surface area contributed by atoms with Crippen molar-refractivity contribution in [3.8, 4) is 0 Å². The zero-order valence-electron chi connectivity index (χ0n) is 12.9. The Morgan fingerprint density at radius 3 is 2.13 bits per heavy atom. The summed E-state index contributed by atoms with van der Waals surface area (Å²) < 4.78 is 10.4. The maximum absolute atomic E-state index is 12.2. The molecular formula is C15H18BrNO6. The van der Waals surface area contributed by atoms with Gasteiger partial charge >= 0.3 is 11.9 Å². The van der Waals surface area contributed by atoms with E-state index in [4.69, 9.17) is 9.47 Å². The highest BCUT2D eigenvalue weighted by atomic mass is 79.9. The first-order chi connectivity index (χ1) is 10.9. The third-order valence-electron chi connectivity index (χ3n) is 3.13. The van der Waals surface area contributed by atoms with Crippen LogP contribution in [0.15, 0.2) is 28.7 Å². The van der Waals surface area contributed by atoms with Crippen LogP contribution in [0.3, 0.4) is 0 Å².